The van der Waals surface area contributed by atoms with Gasteiger partial charge in [0.1, 0.15) is 11.6 Å². The average molecular weight is 810 g/mol. The summed E-state index contributed by atoms with van der Waals surface area (Å²) in [5, 5.41) is 11.1. The zero-order valence-corrected chi connectivity index (χ0v) is 33.6. The molecule has 1 saturated heterocycles. The van der Waals surface area contributed by atoms with Crippen LogP contribution >= 0.6 is 15.9 Å². The lowest BCUT2D eigenvalue weighted by Crippen LogP contribution is -2.41. The predicted octanol–water partition coefficient (Wildman–Crippen LogP) is 7.83. The van der Waals surface area contributed by atoms with Crippen LogP contribution in [0.3, 0.4) is 0 Å². The summed E-state index contributed by atoms with van der Waals surface area (Å²) in [6.07, 6.45) is 7.07. The number of aryl methyl sites for hydroxylation is 2. The van der Waals surface area contributed by atoms with Crippen LogP contribution in [-0.2, 0) is 9.31 Å². The highest BCUT2D eigenvalue weighted by atomic mass is 79.9. The molecule has 1 aliphatic rings. The van der Waals surface area contributed by atoms with E-state index in [0.717, 1.165) is 65.9 Å². The zero-order chi connectivity index (χ0) is 39.6. The smallest absolute Gasteiger partial charge is 0.399 e. The summed E-state index contributed by atoms with van der Waals surface area (Å²) in [6, 6.07) is 31.6. The Balaban J connectivity index is 0.000000144. The summed E-state index contributed by atoms with van der Waals surface area (Å²) in [4.78, 5) is 17.0. The minimum absolute atomic E-state index is 0.356. The van der Waals surface area contributed by atoms with Crippen molar-refractivity contribution in [2.24, 2.45) is 0 Å². The number of anilines is 2. The molecule has 0 amide bonds. The molecule has 0 atom stereocenters. The van der Waals surface area contributed by atoms with Gasteiger partial charge in [0.2, 0.25) is 0 Å². The number of nitrogens with two attached hydrogens (primary N) is 2. The molecule has 8 aromatic rings. The molecule has 6 aromatic heterocycles. The maximum Gasteiger partial charge on any atom is 0.494 e. The molecule has 0 unspecified atom stereocenters. The fourth-order valence-electron chi connectivity index (χ4n) is 6.07. The van der Waals surface area contributed by atoms with Crippen molar-refractivity contribution < 1.29 is 9.31 Å². The number of benzene rings is 2. The first-order valence-electron chi connectivity index (χ1n) is 18.0. The maximum atomic E-state index is 6.17. The third-order valence-corrected chi connectivity index (χ3v) is 10.2. The Morgan fingerprint density at radius 3 is 1.64 bits per heavy atom. The van der Waals surface area contributed by atoms with Gasteiger partial charge in [-0.2, -0.15) is 10.2 Å². The molecule has 9 rings (SSSR count). The van der Waals surface area contributed by atoms with Gasteiger partial charge in [0.05, 0.1) is 34.6 Å². The standard InChI is InChI=1S/C19H22BN3O2.C18H15N5.C5H5BrN2/c1-13-7-6-8-17(22-13)23-16-11-15(10-9-14(16)12-21-23)20-24-18(2,3)19(4,5)25-20;1-12-3-2-4-18(22-12)23-16-9-13(5-6-15(16)11-21-23)14-7-8-20-17(19)10-14;6-4-1-2-8-5(7)3-4/h6-12H,1-5H3;2-11H,1H3,(H2,19,20);1-3H,(H2,7,8). The van der Waals surface area contributed by atoms with Gasteiger partial charge >= 0.3 is 7.12 Å². The van der Waals surface area contributed by atoms with Crippen LogP contribution in [0.1, 0.15) is 39.1 Å². The number of fused-ring (bicyclic) bond motifs is 2. The summed E-state index contributed by atoms with van der Waals surface area (Å²) in [7, 11) is -0.386. The summed E-state index contributed by atoms with van der Waals surface area (Å²) >= 11 is 3.24. The minimum Gasteiger partial charge on any atom is -0.399 e. The highest BCUT2D eigenvalue weighted by Crippen LogP contribution is 2.36. The summed E-state index contributed by atoms with van der Waals surface area (Å²) < 4.78 is 17.0. The first-order valence-corrected chi connectivity index (χ1v) is 18.8. The first kappa shape index (κ1) is 38.3. The summed E-state index contributed by atoms with van der Waals surface area (Å²) in [5.74, 6) is 2.67. The summed E-state index contributed by atoms with van der Waals surface area (Å²) in [5.41, 5.74) is 17.4. The fraction of sp³-hybridized carbons (Fsp3) is 0.190. The van der Waals surface area contributed by atoms with Gasteiger partial charge in [-0.1, -0.05) is 52.3 Å². The number of halogens is 1. The van der Waals surface area contributed by atoms with Gasteiger partial charge in [-0.25, -0.2) is 29.3 Å². The van der Waals surface area contributed by atoms with Crippen molar-refractivity contribution >= 4 is 62.0 Å². The predicted molar refractivity (Wildman–Crippen MR) is 227 cm³/mol. The molecule has 0 saturated carbocycles. The van der Waals surface area contributed by atoms with E-state index in [2.05, 4.69) is 104 Å². The molecule has 2 aromatic carbocycles. The first-order chi connectivity index (χ1) is 26.8. The van der Waals surface area contributed by atoms with Crippen molar-refractivity contribution in [3.8, 4) is 22.8 Å². The van der Waals surface area contributed by atoms with E-state index in [0.29, 0.717) is 11.6 Å². The maximum absolute atomic E-state index is 6.17. The van der Waals surface area contributed by atoms with Crippen LogP contribution < -0.4 is 16.9 Å². The number of aromatic nitrogens is 8. The molecule has 4 N–H and O–H groups in total. The highest BCUT2D eigenvalue weighted by molar-refractivity contribution is 9.10. The number of pyridine rings is 4. The third-order valence-electron chi connectivity index (χ3n) is 9.73. The molecule has 56 heavy (non-hydrogen) atoms. The number of nitrogen functional groups attached to an aromatic ring is 2. The lowest BCUT2D eigenvalue weighted by molar-refractivity contribution is 0.00578. The van der Waals surface area contributed by atoms with Crippen molar-refractivity contribution in [3.63, 3.8) is 0 Å². The number of rotatable bonds is 4. The molecular weight excluding hydrogens is 767 g/mol. The Morgan fingerprint density at radius 1 is 0.607 bits per heavy atom. The number of hydrogen-bond acceptors (Lipinski definition) is 10. The number of hydrogen-bond donors (Lipinski definition) is 2. The third kappa shape index (κ3) is 8.32. The molecule has 0 bridgehead atoms. The van der Waals surface area contributed by atoms with Crippen LogP contribution in [0.5, 0.6) is 0 Å². The Morgan fingerprint density at radius 2 is 1.12 bits per heavy atom. The van der Waals surface area contributed by atoms with Crippen molar-refractivity contribution in [1.29, 1.82) is 0 Å². The molecule has 0 aliphatic carbocycles. The van der Waals surface area contributed by atoms with Crippen LogP contribution in [0.15, 0.2) is 126 Å². The van der Waals surface area contributed by atoms with Crippen LogP contribution in [0.4, 0.5) is 11.6 Å². The second kappa shape index (κ2) is 15.7. The van der Waals surface area contributed by atoms with Gasteiger partial charge in [-0.15, -0.1) is 0 Å². The van der Waals surface area contributed by atoms with Gasteiger partial charge in [0.15, 0.2) is 11.6 Å². The second-order valence-electron chi connectivity index (χ2n) is 14.4. The van der Waals surface area contributed by atoms with Crippen LogP contribution in [0.2, 0.25) is 0 Å². The van der Waals surface area contributed by atoms with Gasteiger partial charge < -0.3 is 20.8 Å². The Hall–Kier alpha value is -5.96. The zero-order valence-electron chi connectivity index (χ0n) is 32.1. The van der Waals surface area contributed by atoms with E-state index in [1.54, 1.807) is 18.5 Å². The molecule has 282 valence electrons. The fourth-order valence-corrected chi connectivity index (χ4v) is 6.42. The van der Waals surface area contributed by atoms with Crippen LogP contribution in [0, 0.1) is 13.8 Å². The Labute approximate surface area is 334 Å². The minimum atomic E-state index is -0.386. The average Bonchev–Trinajstić information content (AvgIpc) is 3.84. The van der Waals surface area contributed by atoms with Crippen molar-refractivity contribution in [2.45, 2.75) is 52.7 Å². The van der Waals surface area contributed by atoms with Crippen molar-refractivity contribution in [3.05, 3.63) is 138 Å². The largest absolute Gasteiger partial charge is 0.494 e. The van der Waals surface area contributed by atoms with E-state index in [9.17, 15) is 0 Å². The van der Waals surface area contributed by atoms with Gasteiger partial charge in [-0.05, 0) is 119 Å². The molecule has 1 fully saturated rings. The van der Waals surface area contributed by atoms with Crippen LogP contribution in [0.25, 0.3) is 44.6 Å². The van der Waals surface area contributed by atoms with Crippen molar-refractivity contribution in [2.75, 3.05) is 11.5 Å². The molecule has 0 spiro atoms. The highest BCUT2D eigenvalue weighted by Gasteiger charge is 2.51. The second-order valence-corrected chi connectivity index (χ2v) is 15.4. The molecule has 0 radical (unpaired) electrons. The topological polar surface area (TPSA) is 158 Å². The van der Waals surface area contributed by atoms with E-state index in [1.165, 1.54) is 0 Å². The van der Waals surface area contributed by atoms with Gasteiger partial charge in [0, 0.05) is 39.0 Å². The van der Waals surface area contributed by atoms with E-state index in [1.807, 2.05) is 96.3 Å². The lowest BCUT2D eigenvalue weighted by atomic mass is 9.79. The van der Waals surface area contributed by atoms with E-state index in [-0.39, 0.29) is 18.3 Å². The molecular formula is C42H42BBrN10O2. The lowest BCUT2D eigenvalue weighted by Gasteiger charge is -2.32. The SMILES string of the molecule is Cc1cccc(-n2ncc3ccc(-c4ccnc(N)c4)cc32)n1.Cc1cccc(-n2ncc3ccc(B4OC(C)(C)C(C)(C)O4)cc32)n1.Nc1cc(Br)ccn1. The molecule has 7 heterocycles. The van der Waals surface area contributed by atoms with Crippen LogP contribution in [-0.4, -0.2) is 57.8 Å². The Bertz CT molecular complexity index is 2630. The van der Waals surface area contributed by atoms with Gasteiger partial charge in [0.25, 0.3) is 0 Å². The van der Waals surface area contributed by atoms with E-state index >= 15 is 0 Å². The quantitative estimate of drug-likeness (QED) is 0.168. The van der Waals surface area contributed by atoms with E-state index in [4.69, 9.17) is 20.8 Å². The Kier molecular flexibility index (Phi) is 10.7. The molecule has 14 heteroatoms. The monoisotopic (exact) mass is 808 g/mol. The molecule has 1 aliphatic heterocycles. The summed E-state index contributed by atoms with van der Waals surface area (Å²) in [6.45, 7) is 12.2. The van der Waals surface area contributed by atoms with Crippen molar-refractivity contribution in [1.82, 2.24) is 39.5 Å². The van der Waals surface area contributed by atoms with Gasteiger partial charge in [-0.3, -0.25) is 0 Å². The normalized spacial score (nSPS) is 14.2. The number of nitrogens with zero attached hydrogens (tertiary/aromatic N) is 8. The molecule has 12 nitrogen and oxygen atoms in total. The van der Waals surface area contributed by atoms with E-state index < -0.39 is 0 Å².